The van der Waals surface area contributed by atoms with Gasteiger partial charge in [0.15, 0.2) is 0 Å². The first-order chi connectivity index (χ1) is 13.0. The van der Waals surface area contributed by atoms with Crippen molar-refractivity contribution in [2.45, 2.75) is 19.3 Å². The van der Waals surface area contributed by atoms with Crippen LogP contribution >= 0.6 is 0 Å². The van der Waals surface area contributed by atoms with Gasteiger partial charge in [0, 0.05) is 37.8 Å². The summed E-state index contributed by atoms with van der Waals surface area (Å²) in [6, 6.07) is 13.6. The van der Waals surface area contributed by atoms with Gasteiger partial charge in [-0.3, -0.25) is 9.59 Å². The molecule has 0 N–H and O–H groups in total. The molecule has 2 aromatic carbocycles. The SMILES string of the molecule is CN1CCCC2(CCN(C(=O)c3cccc(-c4ccccc4F)c3)C2)C1=O. The number of piperidine rings is 1. The van der Waals surface area contributed by atoms with Crippen LogP contribution in [-0.2, 0) is 4.79 Å². The first kappa shape index (κ1) is 17.7. The van der Waals surface area contributed by atoms with Crippen molar-refractivity contribution in [3.63, 3.8) is 0 Å². The van der Waals surface area contributed by atoms with Gasteiger partial charge in [-0.15, -0.1) is 0 Å². The second-order valence-electron chi connectivity index (χ2n) is 7.65. The maximum atomic E-state index is 14.1. The van der Waals surface area contributed by atoms with Gasteiger partial charge in [-0.05, 0) is 43.0 Å². The molecular formula is C22H23FN2O2. The number of nitrogens with zero attached hydrogens (tertiary/aromatic N) is 2. The summed E-state index contributed by atoms with van der Waals surface area (Å²) in [6.07, 6.45) is 2.54. The predicted octanol–water partition coefficient (Wildman–Crippen LogP) is 3.58. The van der Waals surface area contributed by atoms with Crippen molar-refractivity contribution in [2.24, 2.45) is 5.41 Å². The molecule has 0 aromatic heterocycles. The van der Waals surface area contributed by atoms with Crippen LogP contribution in [0.15, 0.2) is 48.5 Å². The molecule has 1 spiro atoms. The molecule has 1 unspecified atom stereocenters. The van der Waals surface area contributed by atoms with E-state index in [9.17, 15) is 14.0 Å². The van der Waals surface area contributed by atoms with Gasteiger partial charge < -0.3 is 9.80 Å². The number of amides is 2. The second kappa shape index (κ2) is 6.80. The molecule has 2 heterocycles. The first-order valence-corrected chi connectivity index (χ1v) is 9.40. The van der Waals surface area contributed by atoms with Crippen LogP contribution in [0.4, 0.5) is 4.39 Å². The zero-order chi connectivity index (χ0) is 19.0. The fraction of sp³-hybridized carbons (Fsp3) is 0.364. The van der Waals surface area contributed by atoms with E-state index in [2.05, 4.69) is 0 Å². The smallest absolute Gasteiger partial charge is 0.253 e. The van der Waals surface area contributed by atoms with Crippen LogP contribution in [0.25, 0.3) is 11.1 Å². The standard InChI is InChI=1S/C22H23FN2O2/c1-24-12-5-10-22(21(24)27)11-13-25(15-22)20(26)17-7-4-6-16(14-17)18-8-2-3-9-19(18)23/h2-4,6-9,14H,5,10-13,15H2,1H3. The van der Waals surface area contributed by atoms with Crippen LogP contribution < -0.4 is 0 Å². The van der Waals surface area contributed by atoms with Crippen LogP contribution in [-0.4, -0.2) is 48.3 Å². The van der Waals surface area contributed by atoms with Crippen LogP contribution in [0.2, 0.25) is 0 Å². The lowest BCUT2D eigenvalue weighted by Crippen LogP contribution is -2.48. The van der Waals surface area contributed by atoms with Crippen molar-refractivity contribution in [1.82, 2.24) is 9.80 Å². The molecule has 0 saturated carbocycles. The molecule has 4 rings (SSSR count). The van der Waals surface area contributed by atoms with E-state index >= 15 is 0 Å². The van der Waals surface area contributed by atoms with E-state index in [1.54, 1.807) is 52.3 Å². The van der Waals surface area contributed by atoms with Gasteiger partial charge in [0.2, 0.25) is 5.91 Å². The van der Waals surface area contributed by atoms with Crippen molar-refractivity contribution in [3.05, 3.63) is 59.9 Å². The monoisotopic (exact) mass is 366 g/mol. The van der Waals surface area contributed by atoms with Crippen LogP contribution in [0.1, 0.15) is 29.6 Å². The Hall–Kier alpha value is -2.69. The number of likely N-dealkylation sites (tertiary alicyclic amines) is 2. The van der Waals surface area contributed by atoms with Crippen molar-refractivity contribution in [2.75, 3.05) is 26.7 Å². The Morgan fingerprint density at radius 1 is 1.07 bits per heavy atom. The lowest BCUT2D eigenvalue weighted by molar-refractivity contribution is -0.143. The fourth-order valence-corrected chi connectivity index (χ4v) is 4.39. The minimum atomic E-state index is -0.425. The zero-order valence-corrected chi connectivity index (χ0v) is 15.5. The van der Waals surface area contributed by atoms with Crippen LogP contribution in [0.3, 0.4) is 0 Å². The topological polar surface area (TPSA) is 40.6 Å². The lowest BCUT2D eigenvalue weighted by Gasteiger charge is -2.37. The summed E-state index contributed by atoms with van der Waals surface area (Å²) in [5, 5.41) is 0. The summed E-state index contributed by atoms with van der Waals surface area (Å²) < 4.78 is 14.1. The van der Waals surface area contributed by atoms with Gasteiger partial charge in [-0.25, -0.2) is 4.39 Å². The average Bonchev–Trinajstić information content (AvgIpc) is 3.11. The van der Waals surface area contributed by atoms with E-state index in [4.69, 9.17) is 0 Å². The molecule has 2 fully saturated rings. The Morgan fingerprint density at radius 3 is 2.70 bits per heavy atom. The number of carbonyl (C=O) groups is 2. The lowest BCUT2D eigenvalue weighted by atomic mass is 9.78. The molecule has 4 nitrogen and oxygen atoms in total. The molecule has 2 aliphatic heterocycles. The van der Waals surface area contributed by atoms with Gasteiger partial charge in [0.05, 0.1) is 5.41 Å². The number of hydrogen-bond acceptors (Lipinski definition) is 2. The Morgan fingerprint density at radius 2 is 1.89 bits per heavy atom. The van der Waals surface area contributed by atoms with Crippen molar-refractivity contribution in [1.29, 1.82) is 0 Å². The Bertz CT molecular complexity index is 897. The summed E-state index contributed by atoms with van der Waals surface area (Å²) in [5.41, 5.74) is 1.27. The van der Waals surface area contributed by atoms with Gasteiger partial charge in [-0.2, -0.15) is 0 Å². The van der Waals surface area contributed by atoms with E-state index in [-0.39, 0.29) is 17.6 Å². The molecule has 0 bridgehead atoms. The minimum Gasteiger partial charge on any atom is -0.345 e. The van der Waals surface area contributed by atoms with Crippen molar-refractivity contribution in [3.8, 4) is 11.1 Å². The molecule has 27 heavy (non-hydrogen) atoms. The van der Waals surface area contributed by atoms with Crippen LogP contribution in [0.5, 0.6) is 0 Å². The van der Waals surface area contributed by atoms with E-state index in [1.807, 2.05) is 7.05 Å². The summed E-state index contributed by atoms with van der Waals surface area (Å²) >= 11 is 0. The maximum Gasteiger partial charge on any atom is 0.253 e. The van der Waals surface area contributed by atoms with Gasteiger partial charge in [0.1, 0.15) is 5.82 Å². The molecule has 2 aliphatic rings. The van der Waals surface area contributed by atoms with E-state index in [0.717, 1.165) is 25.8 Å². The highest BCUT2D eigenvalue weighted by Gasteiger charge is 2.48. The zero-order valence-electron chi connectivity index (χ0n) is 15.5. The van der Waals surface area contributed by atoms with E-state index in [0.29, 0.717) is 29.8 Å². The Kier molecular flexibility index (Phi) is 4.46. The molecule has 1 atom stereocenters. The minimum absolute atomic E-state index is 0.0916. The van der Waals surface area contributed by atoms with E-state index < -0.39 is 5.41 Å². The Labute approximate surface area is 158 Å². The molecule has 0 radical (unpaired) electrons. The quantitative estimate of drug-likeness (QED) is 0.815. The third kappa shape index (κ3) is 3.11. The molecular weight excluding hydrogens is 343 g/mol. The fourth-order valence-electron chi connectivity index (χ4n) is 4.39. The molecule has 5 heteroatoms. The number of hydrogen-bond donors (Lipinski definition) is 0. The highest BCUT2D eigenvalue weighted by molar-refractivity contribution is 5.96. The third-order valence-corrected chi connectivity index (χ3v) is 5.88. The summed E-state index contributed by atoms with van der Waals surface area (Å²) in [7, 11) is 1.84. The maximum absolute atomic E-state index is 14.1. The largest absolute Gasteiger partial charge is 0.345 e. The summed E-state index contributed by atoms with van der Waals surface area (Å²) in [4.78, 5) is 29.3. The molecule has 2 amide bonds. The number of carbonyl (C=O) groups excluding carboxylic acids is 2. The average molecular weight is 366 g/mol. The van der Waals surface area contributed by atoms with Crippen LogP contribution in [0, 0.1) is 11.2 Å². The predicted molar refractivity (Wildman–Crippen MR) is 102 cm³/mol. The Balaban J connectivity index is 1.57. The summed E-state index contributed by atoms with van der Waals surface area (Å²) in [5.74, 6) is -0.242. The molecule has 0 aliphatic carbocycles. The third-order valence-electron chi connectivity index (χ3n) is 5.88. The van der Waals surface area contributed by atoms with Crippen molar-refractivity contribution >= 4 is 11.8 Å². The number of benzene rings is 2. The van der Waals surface area contributed by atoms with E-state index in [1.165, 1.54) is 6.07 Å². The second-order valence-corrected chi connectivity index (χ2v) is 7.65. The molecule has 2 saturated heterocycles. The normalized spacial score (nSPS) is 22.5. The molecule has 140 valence electrons. The highest BCUT2D eigenvalue weighted by Crippen LogP contribution is 2.40. The van der Waals surface area contributed by atoms with Crippen molar-refractivity contribution < 1.29 is 14.0 Å². The van der Waals surface area contributed by atoms with Gasteiger partial charge in [-0.1, -0.05) is 30.3 Å². The highest BCUT2D eigenvalue weighted by atomic mass is 19.1. The summed E-state index contributed by atoms with van der Waals surface area (Å²) in [6.45, 7) is 1.85. The number of rotatable bonds is 2. The van der Waals surface area contributed by atoms with Gasteiger partial charge >= 0.3 is 0 Å². The molecule has 2 aromatic rings. The number of halogens is 1. The first-order valence-electron chi connectivity index (χ1n) is 9.40. The van der Waals surface area contributed by atoms with Gasteiger partial charge in [0.25, 0.3) is 5.91 Å².